The largest absolute Gasteiger partial charge is 0.462 e. The number of hydrogen-bond donors (Lipinski definition) is 2. The van der Waals surface area contributed by atoms with Crippen molar-refractivity contribution in [3.8, 4) is 0 Å². The van der Waals surface area contributed by atoms with Crippen LogP contribution in [0.3, 0.4) is 0 Å². The van der Waals surface area contributed by atoms with Crippen molar-refractivity contribution in [1.82, 2.24) is 0 Å². The standard InChI is InChI=1S/C15H22N2O2S/c1-3-19-15(18)12-5-4-6-13(16)14(12)17-10-7-8-11(9-10)20-2/h4-6,10-11,17H,3,7-9,16H2,1-2H3. The molecule has 0 aliphatic heterocycles. The van der Waals surface area contributed by atoms with E-state index >= 15 is 0 Å². The summed E-state index contributed by atoms with van der Waals surface area (Å²) in [4.78, 5) is 12.0. The van der Waals surface area contributed by atoms with E-state index in [4.69, 9.17) is 10.5 Å². The molecule has 1 saturated carbocycles. The van der Waals surface area contributed by atoms with Crippen LogP contribution in [0.4, 0.5) is 11.4 Å². The van der Waals surface area contributed by atoms with Gasteiger partial charge in [0.1, 0.15) is 0 Å². The summed E-state index contributed by atoms with van der Waals surface area (Å²) < 4.78 is 5.09. The molecule has 0 aromatic heterocycles. The van der Waals surface area contributed by atoms with Gasteiger partial charge in [0.25, 0.3) is 0 Å². The molecule has 0 heterocycles. The lowest BCUT2D eigenvalue weighted by Gasteiger charge is -2.18. The van der Waals surface area contributed by atoms with E-state index in [0.29, 0.717) is 29.1 Å². The zero-order valence-corrected chi connectivity index (χ0v) is 12.8. The van der Waals surface area contributed by atoms with E-state index in [1.807, 2.05) is 17.8 Å². The Morgan fingerprint density at radius 2 is 2.30 bits per heavy atom. The molecular formula is C15H22N2O2S. The quantitative estimate of drug-likeness (QED) is 0.645. The summed E-state index contributed by atoms with van der Waals surface area (Å²) in [6, 6.07) is 5.74. The van der Waals surface area contributed by atoms with E-state index in [9.17, 15) is 4.79 Å². The third kappa shape index (κ3) is 3.39. The molecule has 20 heavy (non-hydrogen) atoms. The maximum atomic E-state index is 12.0. The summed E-state index contributed by atoms with van der Waals surface area (Å²) in [6.07, 6.45) is 5.58. The van der Waals surface area contributed by atoms with E-state index < -0.39 is 0 Å². The summed E-state index contributed by atoms with van der Waals surface area (Å²) >= 11 is 1.91. The number of nitrogens with one attached hydrogen (secondary N) is 1. The fraction of sp³-hybridized carbons (Fsp3) is 0.533. The highest BCUT2D eigenvalue weighted by atomic mass is 32.2. The van der Waals surface area contributed by atoms with Gasteiger partial charge in [-0.05, 0) is 44.6 Å². The van der Waals surface area contributed by atoms with Gasteiger partial charge in [-0.1, -0.05) is 6.07 Å². The van der Waals surface area contributed by atoms with Gasteiger partial charge in [-0.3, -0.25) is 0 Å². The lowest BCUT2D eigenvalue weighted by molar-refractivity contribution is 0.0527. The molecule has 1 fully saturated rings. The van der Waals surface area contributed by atoms with Gasteiger partial charge in [0.15, 0.2) is 0 Å². The number of nitrogen functional groups attached to an aromatic ring is 1. The maximum absolute atomic E-state index is 12.0. The smallest absolute Gasteiger partial charge is 0.340 e. The van der Waals surface area contributed by atoms with Gasteiger partial charge in [0.2, 0.25) is 0 Å². The second-order valence-corrected chi connectivity index (χ2v) is 6.14. The van der Waals surface area contributed by atoms with Crippen LogP contribution in [0.5, 0.6) is 0 Å². The molecule has 5 heteroatoms. The van der Waals surface area contributed by atoms with Crippen LogP contribution >= 0.6 is 11.8 Å². The molecule has 2 atom stereocenters. The molecule has 110 valence electrons. The van der Waals surface area contributed by atoms with Crippen molar-refractivity contribution >= 4 is 29.1 Å². The molecule has 1 aliphatic carbocycles. The average Bonchev–Trinajstić information content (AvgIpc) is 2.89. The zero-order valence-electron chi connectivity index (χ0n) is 12.0. The average molecular weight is 294 g/mol. The number of nitrogens with two attached hydrogens (primary N) is 1. The number of rotatable bonds is 5. The summed E-state index contributed by atoms with van der Waals surface area (Å²) in [5, 5.41) is 4.14. The van der Waals surface area contributed by atoms with E-state index in [1.165, 1.54) is 6.42 Å². The highest BCUT2D eigenvalue weighted by Crippen LogP contribution is 2.33. The fourth-order valence-corrected chi connectivity index (χ4v) is 3.40. The number of hydrogen-bond acceptors (Lipinski definition) is 5. The predicted octanol–water partition coefficient (Wildman–Crippen LogP) is 3.14. The SMILES string of the molecule is CCOC(=O)c1cccc(N)c1NC1CCC(SC)C1. The van der Waals surface area contributed by atoms with Crippen LogP contribution in [0.2, 0.25) is 0 Å². The molecule has 0 amide bonds. The topological polar surface area (TPSA) is 64.3 Å². The van der Waals surface area contributed by atoms with Crippen molar-refractivity contribution in [2.75, 3.05) is 23.9 Å². The second-order valence-electron chi connectivity index (χ2n) is 5.00. The minimum atomic E-state index is -0.318. The number of ether oxygens (including phenoxy) is 1. The Morgan fingerprint density at radius 1 is 1.50 bits per heavy atom. The number of esters is 1. The Hall–Kier alpha value is -1.36. The van der Waals surface area contributed by atoms with Crippen molar-refractivity contribution in [3.63, 3.8) is 0 Å². The Balaban J connectivity index is 2.16. The molecule has 4 nitrogen and oxygen atoms in total. The van der Waals surface area contributed by atoms with Gasteiger partial charge in [-0.2, -0.15) is 11.8 Å². The van der Waals surface area contributed by atoms with Gasteiger partial charge >= 0.3 is 5.97 Å². The Bertz CT molecular complexity index is 479. The number of para-hydroxylation sites is 1. The second kappa shape index (κ2) is 6.88. The molecule has 2 unspecified atom stereocenters. The third-order valence-corrected chi connectivity index (χ3v) is 4.75. The first-order valence-electron chi connectivity index (χ1n) is 7.00. The van der Waals surface area contributed by atoms with Crippen molar-refractivity contribution in [2.45, 2.75) is 37.5 Å². The maximum Gasteiger partial charge on any atom is 0.340 e. The number of carbonyl (C=O) groups is 1. The van der Waals surface area contributed by atoms with E-state index in [-0.39, 0.29) is 5.97 Å². The molecule has 2 rings (SSSR count). The van der Waals surface area contributed by atoms with Crippen LogP contribution in [-0.2, 0) is 4.74 Å². The highest BCUT2D eigenvalue weighted by Gasteiger charge is 2.25. The summed E-state index contributed by atoms with van der Waals surface area (Å²) in [5.74, 6) is -0.318. The number of thioether (sulfide) groups is 1. The van der Waals surface area contributed by atoms with Gasteiger partial charge in [0, 0.05) is 11.3 Å². The van der Waals surface area contributed by atoms with Crippen LogP contribution in [-0.4, -0.2) is 30.1 Å². The lowest BCUT2D eigenvalue weighted by atomic mass is 10.1. The zero-order chi connectivity index (χ0) is 14.5. The minimum Gasteiger partial charge on any atom is -0.462 e. The Kier molecular flexibility index (Phi) is 5.17. The molecule has 1 aromatic carbocycles. The van der Waals surface area contributed by atoms with E-state index in [0.717, 1.165) is 18.5 Å². The van der Waals surface area contributed by atoms with Gasteiger partial charge in [-0.15, -0.1) is 0 Å². The van der Waals surface area contributed by atoms with Gasteiger partial charge in [-0.25, -0.2) is 4.79 Å². The minimum absolute atomic E-state index is 0.318. The molecule has 0 bridgehead atoms. The van der Waals surface area contributed by atoms with E-state index in [1.54, 1.807) is 19.1 Å². The van der Waals surface area contributed by atoms with Gasteiger partial charge in [0.05, 0.1) is 23.5 Å². The first-order chi connectivity index (χ1) is 9.65. The van der Waals surface area contributed by atoms with Crippen molar-refractivity contribution in [1.29, 1.82) is 0 Å². The lowest BCUT2D eigenvalue weighted by Crippen LogP contribution is -2.20. The number of carbonyl (C=O) groups excluding carboxylic acids is 1. The van der Waals surface area contributed by atoms with Crippen molar-refractivity contribution in [2.24, 2.45) is 0 Å². The van der Waals surface area contributed by atoms with Crippen LogP contribution in [0.15, 0.2) is 18.2 Å². The highest BCUT2D eigenvalue weighted by molar-refractivity contribution is 7.99. The summed E-state index contributed by atoms with van der Waals surface area (Å²) in [7, 11) is 0. The van der Waals surface area contributed by atoms with E-state index in [2.05, 4.69) is 11.6 Å². The van der Waals surface area contributed by atoms with Crippen molar-refractivity contribution < 1.29 is 9.53 Å². The normalized spacial score (nSPS) is 21.7. The molecule has 1 aliphatic rings. The third-order valence-electron chi connectivity index (χ3n) is 3.66. The molecular weight excluding hydrogens is 272 g/mol. The first kappa shape index (κ1) is 15.0. The Morgan fingerprint density at radius 3 is 2.95 bits per heavy atom. The monoisotopic (exact) mass is 294 g/mol. The Labute approximate surface area is 124 Å². The molecule has 0 spiro atoms. The van der Waals surface area contributed by atoms with Crippen LogP contribution in [0.1, 0.15) is 36.5 Å². The molecule has 3 N–H and O–H groups in total. The summed E-state index contributed by atoms with van der Waals surface area (Å²) in [5.41, 5.74) is 7.87. The molecule has 0 radical (unpaired) electrons. The number of anilines is 2. The first-order valence-corrected chi connectivity index (χ1v) is 8.29. The number of benzene rings is 1. The van der Waals surface area contributed by atoms with Crippen LogP contribution in [0, 0.1) is 0 Å². The van der Waals surface area contributed by atoms with Gasteiger partial charge < -0.3 is 15.8 Å². The predicted molar refractivity (Wildman–Crippen MR) is 85.4 cm³/mol. The van der Waals surface area contributed by atoms with Crippen LogP contribution < -0.4 is 11.1 Å². The molecule has 0 saturated heterocycles. The summed E-state index contributed by atoms with van der Waals surface area (Å²) in [6.45, 7) is 2.17. The van der Waals surface area contributed by atoms with Crippen molar-refractivity contribution in [3.05, 3.63) is 23.8 Å². The molecule has 1 aromatic rings. The van der Waals surface area contributed by atoms with Crippen LogP contribution in [0.25, 0.3) is 0 Å². The fourth-order valence-electron chi connectivity index (χ4n) is 2.60.